The Morgan fingerprint density at radius 2 is 1.76 bits per heavy atom. The van der Waals surface area contributed by atoms with Gasteiger partial charge in [0, 0.05) is 5.56 Å². The SMILES string of the molecule is Nc1ccc(CO)nc1-c1c(Cl)cccc1Cl. The first kappa shape index (κ1) is 12.2. The highest BCUT2D eigenvalue weighted by Crippen LogP contribution is 2.36. The number of nitrogen functional groups attached to an aromatic ring is 1. The maximum atomic E-state index is 9.07. The van der Waals surface area contributed by atoms with Gasteiger partial charge in [0.1, 0.15) is 0 Å². The molecule has 0 bridgehead atoms. The van der Waals surface area contributed by atoms with E-state index >= 15 is 0 Å². The van der Waals surface area contributed by atoms with E-state index < -0.39 is 0 Å². The van der Waals surface area contributed by atoms with Gasteiger partial charge in [-0.1, -0.05) is 29.3 Å². The highest BCUT2D eigenvalue weighted by Gasteiger charge is 2.13. The Kier molecular flexibility index (Phi) is 3.52. The molecule has 1 aromatic carbocycles. The van der Waals surface area contributed by atoms with Gasteiger partial charge in [-0.05, 0) is 24.3 Å². The standard InChI is InChI=1S/C12H10Cl2N2O/c13-8-2-1-3-9(14)11(8)12-10(15)5-4-7(6-17)16-12/h1-5,17H,6,15H2. The van der Waals surface area contributed by atoms with Gasteiger partial charge < -0.3 is 10.8 Å². The summed E-state index contributed by atoms with van der Waals surface area (Å²) in [6.07, 6.45) is 0. The number of hydrogen-bond acceptors (Lipinski definition) is 3. The fraction of sp³-hybridized carbons (Fsp3) is 0.0833. The van der Waals surface area contributed by atoms with E-state index in [1.165, 1.54) is 0 Å². The number of hydrogen-bond donors (Lipinski definition) is 2. The second kappa shape index (κ2) is 4.92. The molecule has 2 rings (SSSR count). The van der Waals surface area contributed by atoms with E-state index in [0.717, 1.165) is 0 Å². The number of benzene rings is 1. The summed E-state index contributed by atoms with van der Waals surface area (Å²) in [7, 11) is 0. The van der Waals surface area contributed by atoms with Crippen molar-refractivity contribution < 1.29 is 5.11 Å². The second-order valence-electron chi connectivity index (χ2n) is 3.50. The number of aliphatic hydroxyl groups is 1. The molecule has 3 N–H and O–H groups in total. The first-order chi connectivity index (χ1) is 8.13. The number of nitrogens with zero attached hydrogens (tertiary/aromatic N) is 1. The lowest BCUT2D eigenvalue weighted by atomic mass is 10.1. The molecular weight excluding hydrogens is 259 g/mol. The van der Waals surface area contributed by atoms with Crippen molar-refractivity contribution >= 4 is 28.9 Å². The molecule has 0 atom stereocenters. The molecule has 0 radical (unpaired) electrons. The summed E-state index contributed by atoms with van der Waals surface area (Å²) in [5, 5.41) is 10.0. The van der Waals surface area contributed by atoms with Gasteiger partial charge in [0.2, 0.25) is 0 Å². The van der Waals surface area contributed by atoms with Gasteiger partial charge in [0.25, 0.3) is 0 Å². The Labute approximate surface area is 109 Å². The summed E-state index contributed by atoms with van der Waals surface area (Å²) in [6, 6.07) is 8.52. The van der Waals surface area contributed by atoms with Crippen LogP contribution < -0.4 is 5.73 Å². The third kappa shape index (κ3) is 2.36. The van der Waals surface area contributed by atoms with Crippen LogP contribution in [0.1, 0.15) is 5.69 Å². The molecular formula is C12H10Cl2N2O. The van der Waals surface area contributed by atoms with E-state index in [0.29, 0.717) is 32.7 Å². The first-order valence-electron chi connectivity index (χ1n) is 4.94. The van der Waals surface area contributed by atoms with Gasteiger partial charge >= 0.3 is 0 Å². The zero-order valence-corrected chi connectivity index (χ0v) is 10.3. The maximum absolute atomic E-state index is 9.07. The lowest BCUT2D eigenvalue weighted by molar-refractivity contribution is 0.277. The maximum Gasteiger partial charge on any atom is 0.0965 e. The summed E-state index contributed by atoms with van der Waals surface area (Å²) in [5.74, 6) is 0. The van der Waals surface area contributed by atoms with Crippen LogP contribution in [0.4, 0.5) is 5.69 Å². The lowest BCUT2D eigenvalue weighted by Crippen LogP contribution is -1.98. The van der Waals surface area contributed by atoms with E-state index in [1.54, 1.807) is 30.3 Å². The van der Waals surface area contributed by atoms with Gasteiger partial charge in [0.05, 0.1) is 33.7 Å². The third-order valence-corrected chi connectivity index (χ3v) is 2.98. The molecule has 0 aliphatic carbocycles. The van der Waals surface area contributed by atoms with Crippen LogP contribution >= 0.6 is 23.2 Å². The largest absolute Gasteiger partial charge is 0.397 e. The van der Waals surface area contributed by atoms with Crippen LogP contribution in [0.3, 0.4) is 0 Å². The van der Waals surface area contributed by atoms with Crippen LogP contribution in [0.5, 0.6) is 0 Å². The summed E-state index contributed by atoms with van der Waals surface area (Å²) in [5.41, 5.74) is 7.92. The molecule has 1 heterocycles. The fourth-order valence-electron chi connectivity index (χ4n) is 1.52. The van der Waals surface area contributed by atoms with Crippen LogP contribution in [-0.4, -0.2) is 10.1 Å². The van der Waals surface area contributed by atoms with Gasteiger partial charge in [-0.3, -0.25) is 0 Å². The highest BCUT2D eigenvalue weighted by atomic mass is 35.5. The fourth-order valence-corrected chi connectivity index (χ4v) is 2.10. The minimum absolute atomic E-state index is 0.157. The molecule has 0 saturated carbocycles. The number of aliphatic hydroxyl groups excluding tert-OH is 1. The van der Waals surface area contributed by atoms with E-state index in [1.807, 2.05) is 0 Å². The number of anilines is 1. The van der Waals surface area contributed by atoms with Crippen LogP contribution in [0.15, 0.2) is 30.3 Å². The van der Waals surface area contributed by atoms with Crippen LogP contribution in [0.2, 0.25) is 10.0 Å². The Morgan fingerprint density at radius 3 is 2.35 bits per heavy atom. The van der Waals surface area contributed by atoms with Crippen molar-refractivity contribution in [2.45, 2.75) is 6.61 Å². The predicted octanol–water partition coefficient (Wildman–Crippen LogP) is 3.13. The Balaban J connectivity index is 2.67. The van der Waals surface area contributed by atoms with Crippen molar-refractivity contribution in [1.82, 2.24) is 4.98 Å². The zero-order valence-electron chi connectivity index (χ0n) is 8.82. The molecule has 0 saturated heterocycles. The van der Waals surface area contributed by atoms with Crippen LogP contribution in [0.25, 0.3) is 11.3 Å². The summed E-state index contributed by atoms with van der Waals surface area (Å²) >= 11 is 12.2. The summed E-state index contributed by atoms with van der Waals surface area (Å²) in [4.78, 5) is 4.24. The topological polar surface area (TPSA) is 59.1 Å². The molecule has 1 aromatic heterocycles. The Morgan fingerprint density at radius 1 is 1.12 bits per heavy atom. The van der Waals surface area contributed by atoms with Crippen molar-refractivity contribution in [1.29, 1.82) is 0 Å². The highest BCUT2D eigenvalue weighted by molar-refractivity contribution is 6.39. The smallest absolute Gasteiger partial charge is 0.0965 e. The first-order valence-corrected chi connectivity index (χ1v) is 5.69. The summed E-state index contributed by atoms with van der Waals surface area (Å²) in [6.45, 7) is -0.157. The third-order valence-electron chi connectivity index (χ3n) is 2.35. The minimum atomic E-state index is -0.157. The average molecular weight is 269 g/mol. The average Bonchev–Trinajstić information content (AvgIpc) is 2.31. The Hall–Kier alpha value is -1.29. The van der Waals surface area contributed by atoms with E-state index in [-0.39, 0.29) is 6.61 Å². The minimum Gasteiger partial charge on any atom is -0.397 e. The molecule has 2 aromatic rings. The van der Waals surface area contributed by atoms with E-state index in [9.17, 15) is 0 Å². The van der Waals surface area contributed by atoms with Crippen molar-refractivity contribution in [2.24, 2.45) is 0 Å². The van der Waals surface area contributed by atoms with E-state index in [4.69, 9.17) is 34.0 Å². The molecule has 3 nitrogen and oxygen atoms in total. The molecule has 0 unspecified atom stereocenters. The predicted molar refractivity (Wildman–Crippen MR) is 70.0 cm³/mol. The van der Waals surface area contributed by atoms with Crippen LogP contribution in [0, 0.1) is 0 Å². The monoisotopic (exact) mass is 268 g/mol. The summed E-state index contributed by atoms with van der Waals surface area (Å²) < 4.78 is 0. The molecule has 0 aliphatic heterocycles. The number of pyridine rings is 1. The quantitative estimate of drug-likeness (QED) is 0.880. The number of rotatable bonds is 2. The lowest BCUT2D eigenvalue weighted by Gasteiger charge is -2.10. The number of halogens is 2. The molecule has 0 fully saturated rings. The van der Waals surface area contributed by atoms with Gasteiger partial charge in [0.15, 0.2) is 0 Å². The van der Waals surface area contributed by atoms with Crippen molar-refractivity contribution in [3.05, 3.63) is 46.1 Å². The second-order valence-corrected chi connectivity index (χ2v) is 4.31. The van der Waals surface area contributed by atoms with E-state index in [2.05, 4.69) is 4.98 Å². The molecule has 5 heteroatoms. The van der Waals surface area contributed by atoms with Crippen LogP contribution in [-0.2, 0) is 6.61 Å². The number of aromatic nitrogens is 1. The molecule has 0 spiro atoms. The molecule has 17 heavy (non-hydrogen) atoms. The van der Waals surface area contributed by atoms with Crippen molar-refractivity contribution in [2.75, 3.05) is 5.73 Å². The van der Waals surface area contributed by atoms with Crippen molar-refractivity contribution in [3.8, 4) is 11.3 Å². The van der Waals surface area contributed by atoms with Gasteiger partial charge in [-0.15, -0.1) is 0 Å². The number of nitrogens with two attached hydrogens (primary N) is 1. The molecule has 88 valence electrons. The van der Waals surface area contributed by atoms with Crippen molar-refractivity contribution in [3.63, 3.8) is 0 Å². The normalized spacial score (nSPS) is 10.5. The molecule has 0 aliphatic rings. The zero-order chi connectivity index (χ0) is 12.4. The van der Waals surface area contributed by atoms with Gasteiger partial charge in [-0.2, -0.15) is 0 Å². The molecule has 0 amide bonds. The van der Waals surface area contributed by atoms with Gasteiger partial charge in [-0.25, -0.2) is 4.98 Å². The Bertz CT molecular complexity index is 538.